The second-order valence-corrected chi connectivity index (χ2v) is 2.77. The summed E-state index contributed by atoms with van der Waals surface area (Å²) in [5.41, 5.74) is 0. The summed E-state index contributed by atoms with van der Waals surface area (Å²) in [7, 11) is 1.58. The fraction of sp³-hybridized carbons (Fsp3) is 0.600. The van der Waals surface area contributed by atoms with Crippen LogP contribution in [0.1, 0.15) is 13.3 Å². The van der Waals surface area contributed by atoms with Gasteiger partial charge in [0.2, 0.25) is 5.91 Å². The molecule has 0 aliphatic heterocycles. The highest BCUT2D eigenvalue weighted by Crippen LogP contribution is 1.85. The Balaban J connectivity index is 3.23. The maximum Gasteiger partial charge on any atom is 0.302 e. The highest BCUT2D eigenvalue weighted by atomic mass is 16.5. The van der Waals surface area contributed by atoms with E-state index in [1.807, 2.05) is 0 Å². The van der Waals surface area contributed by atoms with Crippen LogP contribution < -0.4 is 5.32 Å². The van der Waals surface area contributed by atoms with Gasteiger partial charge in [-0.3, -0.25) is 9.59 Å². The third-order valence-corrected chi connectivity index (χ3v) is 1.52. The molecule has 0 heterocycles. The third kappa shape index (κ3) is 10.6. The van der Waals surface area contributed by atoms with Crippen LogP contribution in [0.5, 0.6) is 0 Å². The fourth-order valence-corrected chi connectivity index (χ4v) is 0.743. The zero-order chi connectivity index (χ0) is 11.5. The predicted molar refractivity (Wildman–Crippen MR) is 55.3 cm³/mol. The van der Waals surface area contributed by atoms with Crippen molar-refractivity contribution < 1.29 is 19.1 Å². The third-order valence-electron chi connectivity index (χ3n) is 1.52. The molecule has 0 aliphatic carbocycles. The Kier molecular flexibility index (Phi) is 8.37. The molecule has 0 radical (unpaired) electrons. The molecule has 0 bridgehead atoms. The summed E-state index contributed by atoms with van der Waals surface area (Å²) < 4.78 is 9.78. The Morgan fingerprint density at radius 1 is 1.27 bits per heavy atom. The van der Waals surface area contributed by atoms with Crippen molar-refractivity contribution in [1.29, 1.82) is 0 Å². The van der Waals surface area contributed by atoms with Gasteiger partial charge in [0, 0.05) is 20.4 Å². The first kappa shape index (κ1) is 13.6. The number of hydrogen-bond donors (Lipinski definition) is 1. The molecule has 1 N–H and O–H groups in total. The van der Waals surface area contributed by atoms with E-state index in [2.05, 4.69) is 10.1 Å². The Hall–Kier alpha value is -1.36. The van der Waals surface area contributed by atoms with E-state index in [0.717, 1.165) is 0 Å². The molecule has 0 unspecified atom stereocenters. The summed E-state index contributed by atoms with van der Waals surface area (Å²) in [5, 5.41) is 2.49. The zero-order valence-corrected chi connectivity index (χ0v) is 9.12. The first-order valence-electron chi connectivity index (χ1n) is 4.73. The van der Waals surface area contributed by atoms with Crippen LogP contribution in [-0.2, 0) is 19.1 Å². The molecule has 0 spiro atoms. The number of ether oxygens (including phenoxy) is 2. The number of rotatable bonds is 7. The number of hydrogen-bond acceptors (Lipinski definition) is 4. The quantitative estimate of drug-likeness (QED) is 0.376. The van der Waals surface area contributed by atoms with Gasteiger partial charge in [0.25, 0.3) is 0 Å². The van der Waals surface area contributed by atoms with Crippen LogP contribution in [0.2, 0.25) is 0 Å². The summed E-state index contributed by atoms with van der Waals surface area (Å²) in [6.07, 6.45) is 3.79. The van der Waals surface area contributed by atoms with Gasteiger partial charge in [-0.25, -0.2) is 0 Å². The van der Waals surface area contributed by atoms with Gasteiger partial charge < -0.3 is 14.8 Å². The van der Waals surface area contributed by atoms with Crippen LogP contribution in [0.4, 0.5) is 0 Å². The van der Waals surface area contributed by atoms with Crippen LogP contribution >= 0.6 is 0 Å². The summed E-state index contributed by atoms with van der Waals surface area (Å²) in [4.78, 5) is 21.1. The topological polar surface area (TPSA) is 64.6 Å². The average Bonchev–Trinajstić information content (AvgIpc) is 2.21. The molecule has 5 heteroatoms. The summed E-state index contributed by atoms with van der Waals surface area (Å²) in [5.74, 6) is -0.348. The molecule has 0 aromatic rings. The molecule has 5 nitrogen and oxygen atoms in total. The zero-order valence-electron chi connectivity index (χ0n) is 9.12. The minimum atomic E-state index is -0.305. The Labute approximate surface area is 89.4 Å². The van der Waals surface area contributed by atoms with E-state index in [0.29, 0.717) is 19.6 Å². The van der Waals surface area contributed by atoms with E-state index in [1.54, 1.807) is 19.2 Å². The van der Waals surface area contributed by atoms with Crippen molar-refractivity contribution in [1.82, 2.24) is 5.32 Å². The number of carbonyl (C=O) groups is 2. The lowest BCUT2D eigenvalue weighted by molar-refractivity contribution is -0.139. The average molecular weight is 215 g/mol. The van der Waals surface area contributed by atoms with Gasteiger partial charge >= 0.3 is 5.97 Å². The molecule has 0 rings (SSSR count). The van der Waals surface area contributed by atoms with E-state index < -0.39 is 0 Å². The van der Waals surface area contributed by atoms with Crippen LogP contribution in [0, 0.1) is 0 Å². The van der Waals surface area contributed by atoms with Crippen molar-refractivity contribution in [2.24, 2.45) is 0 Å². The molecule has 0 saturated heterocycles. The van der Waals surface area contributed by atoms with Gasteiger partial charge in [-0.15, -0.1) is 0 Å². The van der Waals surface area contributed by atoms with Crippen LogP contribution in [0.25, 0.3) is 0 Å². The maximum absolute atomic E-state index is 10.8. The fourth-order valence-electron chi connectivity index (χ4n) is 0.743. The number of carbonyl (C=O) groups excluding carboxylic acids is 2. The minimum absolute atomic E-state index is 0.0427. The van der Waals surface area contributed by atoms with Gasteiger partial charge in [-0.05, 0) is 6.08 Å². The van der Waals surface area contributed by atoms with Crippen molar-refractivity contribution >= 4 is 11.9 Å². The van der Waals surface area contributed by atoms with Crippen molar-refractivity contribution in [3.8, 4) is 0 Å². The van der Waals surface area contributed by atoms with Gasteiger partial charge in [-0.2, -0.15) is 0 Å². The van der Waals surface area contributed by atoms with Gasteiger partial charge in [0.15, 0.2) is 0 Å². The van der Waals surface area contributed by atoms with Crippen LogP contribution in [0.15, 0.2) is 12.2 Å². The Morgan fingerprint density at radius 2 is 1.93 bits per heavy atom. The smallest absolute Gasteiger partial charge is 0.302 e. The Morgan fingerprint density at radius 3 is 2.53 bits per heavy atom. The molecule has 0 atom stereocenters. The lowest BCUT2D eigenvalue weighted by Gasteiger charge is -2.00. The lowest BCUT2D eigenvalue weighted by Crippen LogP contribution is -2.19. The molecular formula is C10H17NO4. The largest absolute Gasteiger partial charge is 0.462 e. The molecule has 0 aliphatic rings. The molecule has 0 fully saturated rings. The first-order valence-corrected chi connectivity index (χ1v) is 4.73. The first-order chi connectivity index (χ1) is 7.16. The molecule has 15 heavy (non-hydrogen) atoms. The molecule has 0 aromatic heterocycles. The maximum atomic E-state index is 10.8. The number of nitrogens with one attached hydrogen (secondary N) is 1. The van der Waals surface area contributed by atoms with Crippen molar-refractivity contribution in [3.05, 3.63) is 12.2 Å². The molecular weight excluding hydrogens is 198 g/mol. The van der Waals surface area contributed by atoms with E-state index in [9.17, 15) is 9.59 Å². The molecule has 0 saturated carbocycles. The van der Waals surface area contributed by atoms with Crippen LogP contribution in [-0.4, -0.2) is 38.7 Å². The van der Waals surface area contributed by atoms with Crippen molar-refractivity contribution in [2.45, 2.75) is 13.3 Å². The summed E-state index contributed by atoms with van der Waals surface area (Å²) >= 11 is 0. The van der Waals surface area contributed by atoms with E-state index in [1.165, 1.54) is 6.92 Å². The number of amides is 1. The van der Waals surface area contributed by atoms with Crippen molar-refractivity contribution in [2.75, 3.05) is 26.9 Å². The monoisotopic (exact) mass is 215 g/mol. The van der Waals surface area contributed by atoms with Crippen LogP contribution in [0.3, 0.4) is 0 Å². The normalized spacial score (nSPS) is 10.3. The minimum Gasteiger partial charge on any atom is -0.462 e. The SMILES string of the molecule is CNC(=O)CCOC/C=C/COC(C)=O. The highest BCUT2D eigenvalue weighted by Gasteiger charge is 1.95. The van der Waals surface area contributed by atoms with E-state index in [-0.39, 0.29) is 18.5 Å². The van der Waals surface area contributed by atoms with E-state index >= 15 is 0 Å². The van der Waals surface area contributed by atoms with Gasteiger partial charge in [0.1, 0.15) is 6.61 Å². The number of esters is 1. The highest BCUT2D eigenvalue weighted by molar-refractivity contribution is 5.75. The second kappa shape index (κ2) is 9.21. The molecule has 86 valence electrons. The lowest BCUT2D eigenvalue weighted by atomic mass is 10.4. The molecule has 1 amide bonds. The standard InChI is InChI=1S/C10H17NO4/c1-9(12)15-7-4-3-6-14-8-5-10(13)11-2/h3-4H,5-8H2,1-2H3,(H,11,13)/b4-3+. The summed E-state index contributed by atoms with van der Waals surface area (Å²) in [6.45, 7) is 2.41. The summed E-state index contributed by atoms with van der Waals surface area (Å²) in [6, 6.07) is 0. The van der Waals surface area contributed by atoms with Gasteiger partial charge in [0.05, 0.1) is 13.2 Å². The van der Waals surface area contributed by atoms with E-state index in [4.69, 9.17) is 4.74 Å². The Bertz CT molecular complexity index is 225. The van der Waals surface area contributed by atoms with Crippen molar-refractivity contribution in [3.63, 3.8) is 0 Å². The second-order valence-electron chi connectivity index (χ2n) is 2.77. The van der Waals surface area contributed by atoms with Gasteiger partial charge in [-0.1, -0.05) is 6.08 Å². The predicted octanol–water partition coefficient (Wildman–Crippen LogP) is 0.258. The molecule has 0 aromatic carbocycles.